The molecule has 0 spiro atoms. The van der Waals surface area contributed by atoms with Crippen LogP contribution >= 0.6 is 0 Å². The number of benzene rings is 2. The van der Waals surface area contributed by atoms with Crippen molar-refractivity contribution in [1.82, 2.24) is 4.98 Å². The van der Waals surface area contributed by atoms with E-state index in [1.807, 2.05) is 0 Å². The van der Waals surface area contributed by atoms with Crippen molar-refractivity contribution in [2.75, 3.05) is 7.11 Å². The van der Waals surface area contributed by atoms with E-state index in [0.717, 1.165) is 6.08 Å². The Morgan fingerprint density at radius 2 is 2.04 bits per heavy atom. The first kappa shape index (κ1) is 18.8. The Kier molecular flexibility index (Phi) is 5.50. The third-order valence-electron chi connectivity index (χ3n) is 4.01. The van der Waals surface area contributed by atoms with Crippen LogP contribution in [0.1, 0.15) is 11.1 Å². The van der Waals surface area contributed by atoms with Gasteiger partial charge in [0.1, 0.15) is 23.6 Å². The van der Waals surface area contributed by atoms with Crippen molar-refractivity contribution < 1.29 is 24.3 Å². The predicted molar refractivity (Wildman–Crippen MR) is 102 cm³/mol. The fourth-order valence-electron chi connectivity index (χ4n) is 2.75. The van der Waals surface area contributed by atoms with Gasteiger partial charge in [-0.2, -0.15) is 0 Å². The van der Waals surface area contributed by atoms with E-state index < -0.39 is 10.9 Å². The van der Waals surface area contributed by atoms with Crippen molar-refractivity contribution in [2.24, 2.45) is 0 Å². The number of carboxylic acid groups (broad SMARTS) is 1. The van der Waals surface area contributed by atoms with Gasteiger partial charge in [-0.15, -0.1) is 0 Å². The summed E-state index contributed by atoms with van der Waals surface area (Å²) in [6.45, 7) is 0.113. The number of non-ortho nitro benzene ring substituents is 1. The molecule has 0 bridgehead atoms. The van der Waals surface area contributed by atoms with Crippen LogP contribution in [0, 0.1) is 10.1 Å². The molecule has 1 aromatic heterocycles. The molecule has 1 N–H and O–H groups in total. The summed E-state index contributed by atoms with van der Waals surface area (Å²) in [7, 11) is 1.52. The van der Waals surface area contributed by atoms with Gasteiger partial charge in [0, 0.05) is 23.9 Å². The highest BCUT2D eigenvalue weighted by Crippen LogP contribution is 2.32. The Hall–Kier alpha value is -3.94. The molecule has 0 saturated carbocycles. The van der Waals surface area contributed by atoms with Crippen molar-refractivity contribution in [3.05, 3.63) is 76.0 Å². The molecule has 0 aliphatic heterocycles. The SMILES string of the molecule is COc1ccc(/C=C/C(=O)O)cc1COc1ccc([N+](=O)[O-])c2cccnc12. The Morgan fingerprint density at radius 3 is 2.75 bits per heavy atom. The quantitative estimate of drug-likeness (QED) is 0.376. The summed E-state index contributed by atoms with van der Waals surface area (Å²) in [5, 5.41) is 20.4. The van der Waals surface area contributed by atoms with Crippen molar-refractivity contribution >= 4 is 28.6 Å². The van der Waals surface area contributed by atoms with Crippen molar-refractivity contribution in [3.63, 3.8) is 0 Å². The zero-order chi connectivity index (χ0) is 20.1. The van der Waals surface area contributed by atoms with E-state index in [9.17, 15) is 14.9 Å². The number of nitro benzene ring substituents is 1. The highest BCUT2D eigenvalue weighted by Gasteiger charge is 2.16. The summed E-state index contributed by atoms with van der Waals surface area (Å²) in [4.78, 5) is 25.7. The minimum atomic E-state index is -1.04. The summed E-state index contributed by atoms with van der Waals surface area (Å²) in [6, 6.07) is 11.3. The molecule has 2 aromatic carbocycles. The lowest BCUT2D eigenvalue weighted by molar-refractivity contribution is -0.383. The molecule has 0 radical (unpaired) electrons. The number of carbonyl (C=O) groups is 1. The van der Waals surface area contributed by atoms with Crippen LogP contribution in [0.4, 0.5) is 5.69 Å². The van der Waals surface area contributed by atoms with Crippen LogP contribution in [0.3, 0.4) is 0 Å². The maximum atomic E-state index is 11.2. The highest BCUT2D eigenvalue weighted by molar-refractivity contribution is 5.92. The van der Waals surface area contributed by atoms with Gasteiger partial charge in [0.25, 0.3) is 5.69 Å². The molecule has 0 amide bonds. The number of hydrogen-bond acceptors (Lipinski definition) is 6. The summed E-state index contributed by atoms with van der Waals surface area (Å²) in [5.41, 5.74) is 1.71. The van der Waals surface area contributed by atoms with Gasteiger partial charge in [0.2, 0.25) is 0 Å². The maximum Gasteiger partial charge on any atom is 0.328 e. The Labute approximate surface area is 159 Å². The minimum absolute atomic E-state index is 0.0474. The largest absolute Gasteiger partial charge is 0.496 e. The number of aliphatic carboxylic acids is 1. The Morgan fingerprint density at radius 1 is 1.25 bits per heavy atom. The van der Waals surface area contributed by atoms with Crippen LogP contribution < -0.4 is 9.47 Å². The summed E-state index contributed by atoms with van der Waals surface area (Å²) < 4.78 is 11.2. The van der Waals surface area contributed by atoms with E-state index in [4.69, 9.17) is 14.6 Å². The second-order valence-electron chi connectivity index (χ2n) is 5.77. The second kappa shape index (κ2) is 8.17. The molecule has 0 aliphatic carbocycles. The van der Waals surface area contributed by atoms with Crippen LogP contribution in [-0.4, -0.2) is 28.1 Å². The van der Waals surface area contributed by atoms with E-state index >= 15 is 0 Å². The second-order valence-corrected chi connectivity index (χ2v) is 5.77. The maximum absolute atomic E-state index is 11.2. The first-order chi connectivity index (χ1) is 13.5. The van der Waals surface area contributed by atoms with Crippen molar-refractivity contribution in [2.45, 2.75) is 6.61 Å². The molecule has 142 valence electrons. The van der Waals surface area contributed by atoms with Gasteiger partial charge in [-0.05, 0) is 42.0 Å². The lowest BCUT2D eigenvalue weighted by Gasteiger charge is -2.12. The smallest absolute Gasteiger partial charge is 0.328 e. The summed E-state index contributed by atoms with van der Waals surface area (Å²) in [5.74, 6) is -0.0709. The lowest BCUT2D eigenvalue weighted by atomic mass is 10.1. The molecule has 3 rings (SSSR count). The molecule has 8 heteroatoms. The van der Waals surface area contributed by atoms with Gasteiger partial charge >= 0.3 is 5.97 Å². The number of pyridine rings is 1. The fraction of sp³-hybridized carbons (Fsp3) is 0.100. The molecule has 0 atom stereocenters. The number of nitro groups is 1. The average molecular weight is 380 g/mol. The Bertz CT molecular complexity index is 1080. The monoisotopic (exact) mass is 380 g/mol. The number of methoxy groups -OCH3 is 1. The molecule has 1 heterocycles. The molecule has 0 saturated heterocycles. The van der Waals surface area contributed by atoms with Crippen LogP contribution in [0.2, 0.25) is 0 Å². The van der Waals surface area contributed by atoms with Crippen LogP contribution in [-0.2, 0) is 11.4 Å². The molecule has 28 heavy (non-hydrogen) atoms. The van der Waals surface area contributed by atoms with Gasteiger partial charge < -0.3 is 14.6 Å². The predicted octanol–water partition coefficient (Wildman–Crippen LogP) is 3.83. The number of aromatic nitrogens is 1. The molecule has 0 aliphatic rings. The zero-order valence-corrected chi connectivity index (χ0v) is 14.9. The van der Waals surface area contributed by atoms with Crippen molar-refractivity contribution in [3.8, 4) is 11.5 Å². The van der Waals surface area contributed by atoms with Crippen LogP contribution in [0.15, 0.2) is 54.7 Å². The van der Waals surface area contributed by atoms with Gasteiger partial charge in [-0.1, -0.05) is 6.07 Å². The minimum Gasteiger partial charge on any atom is -0.496 e. The molecule has 0 fully saturated rings. The standard InChI is InChI=1S/C20H16N2O6/c1-27-17-7-4-13(5-9-19(23)24)11-14(17)12-28-18-8-6-16(22(25)26)15-3-2-10-21-20(15)18/h2-11H,12H2,1H3,(H,23,24)/b9-5+. The van der Waals surface area contributed by atoms with Gasteiger partial charge in [-0.3, -0.25) is 15.1 Å². The van der Waals surface area contributed by atoms with E-state index in [1.165, 1.54) is 31.5 Å². The third-order valence-corrected chi connectivity index (χ3v) is 4.01. The van der Waals surface area contributed by atoms with Gasteiger partial charge in [0.15, 0.2) is 0 Å². The third kappa shape index (κ3) is 4.07. The fourth-order valence-corrected chi connectivity index (χ4v) is 2.75. The number of rotatable bonds is 7. The molecule has 8 nitrogen and oxygen atoms in total. The summed E-state index contributed by atoms with van der Waals surface area (Å²) >= 11 is 0. The number of nitrogens with zero attached hydrogens (tertiary/aromatic N) is 2. The number of fused-ring (bicyclic) bond motifs is 1. The number of ether oxygens (including phenoxy) is 2. The topological polar surface area (TPSA) is 112 Å². The number of carboxylic acids is 1. The van der Waals surface area contributed by atoms with E-state index in [2.05, 4.69) is 4.98 Å². The number of hydrogen-bond donors (Lipinski definition) is 1. The zero-order valence-electron chi connectivity index (χ0n) is 14.9. The van der Waals surface area contributed by atoms with E-state index in [0.29, 0.717) is 33.5 Å². The molecular weight excluding hydrogens is 364 g/mol. The summed E-state index contributed by atoms with van der Waals surface area (Å²) in [6.07, 6.45) is 4.05. The Balaban J connectivity index is 1.92. The molecular formula is C20H16N2O6. The van der Waals surface area contributed by atoms with Crippen LogP contribution in [0.25, 0.3) is 17.0 Å². The highest BCUT2D eigenvalue weighted by atomic mass is 16.6. The molecule has 0 unspecified atom stereocenters. The average Bonchev–Trinajstić information content (AvgIpc) is 2.70. The van der Waals surface area contributed by atoms with Crippen LogP contribution in [0.5, 0.6) is 11.5 Å². The first-order valence-electron chi connectivity index (χ1n) is 8.22. The van der Waals surface area contributed by atoms with Gasteiger partial charge in [0.05, 0.1) is 17.4 Å². The lowest BCUT2D eigenvalue weighted by Crippen LogP contribution is -2.01. The molecule has 3 aromatic rings. The van der Waals surface area contributed by atoms with Crippen molar-refractivity contribution in [1.29, 1.82) is 0 Å². The van der Waals surface area contributed by atoms with E-state index in [1.54, 1.807) is 30.3 Å². The first-order valence-corrected chi connectivity index (χ1v) is 8.22. The van der Waals surface area contributed by atoms with E-state index in [-0.39, 0.29) is 12.3 Å². The normalized spacial score (nSPS) is 10.9. The van der Waals surface area contributed by atoms with Gasteiger partial charge in [-0.25, -0.2) is 4.79 Å².